The fraction of sp³-hybridized carbons (Fsp3) is 0.250. The molecule has 0 saturated carbocycles. The fourth-order valence-corrected chi connectivity index (χ4v) is 1.24. The van der Waals surface area contributed by atoms with Gasteiger partial charge in [-0.05, 0) is 24.3 Å². The van der Waals surface area contributed by atoms with Gasteiger partial charge in [0.15, 0.2) is 0 Å². The van der Waals surface area contributed by atoms with E-state index in [4.69, 9.17) is 0 Å². The van der Waals surface area contributed by atoms with Crippen molar-refractivity contribution in [2.75, 3.05) is 26.1 Å². The lowest BCUT2D eigenvalue weighted by Gasteiger charge is -2.06. The Bertz CT molecular complexity index is 470. The van der Waals surface area contributed by atoms with Gasteiger partial charge in [0.25, 0.3) is 0 Å². The highest BCUT2D eigenvalue weighted by molar-refractivity contribution is 5.95. The minimum atomic E-state index is -0.684. The van der Waals surface area contributed by atoms with Crippen LogP contribution in [-0.2, 0) is 14.3 Å². The molecule has 0 heterocycles. The summed E-state index contributed by atoms with van der Waals surface area (Å²) in [6, 6.07) is 6.16. The molecule has 0 unspecified atom stereocenters. The van der Waals surface area contributed by atoms with E-state index in [2.05, 4.69) is 20.1 Å². The zero-order valence-electron chi connectivity index (χ0n) is 10.6. The van der Waals surface area contributed by atoms with Crippen LogP contribution in [0.2, 0.25) is 0 Å². The molecule has 0 spiro atoms. The van der Waals surface area contributed by atoms with Crippen molar-refractivity contribution >= 4 is 23.7 Å². The predicted octanol–water partition coefficient (Wildman–Crippen LogP) is 0.768. The van der Waals surface area contributed by atoms with Gasteiger partial charge in [-0.25, -0.2) is 9.59 Å². The molecule has 19 heavy (non-hydrogen) atoms. The maximum atomic E-state index is 11.4. The van der Waals surface area contributed by atoms with Crippen LogP contribution in [0.4, 0.5) is 10.5 Å². The Hall–Kier alpha value is -2.57. The average molecular weight is 266 g/mol. The number of nitrogens with one attached hydrogen (secondary N) is 2. The number of alkyl carbamates (subject to hydrolysis) is 1. The van der Waals surface area contributed by atoms with Crippen LogP contribution in [-0.4, -0.2) is 38.7 Å². The molecule has 0 atom stereocenters. The molecule has 1 rings (SSSR count). The summed E-state index contributed by atoms with van der Waals surface area (Å²) in [5, 5.41) is 4.79. The number of benzene rings is 1. The molecule has 2 N–H and O–H groups in total. The lowest BCUT2D eigenvalue weighted by atomic mass is 10.2. The minimum Gasteiger partial charge on any atom is -0.465 e. The van der Waals surface area contributed by atoms with Crippen LogP contribution in [0.5, 0.6) is 0 Å². The number of esters is 1. The minimum absolute atomic E-state index is 0.203. The van der Waals surface area contributed by atoms with E-state index < -0.39 is 18.0 Å². The van der Waals surface area contributed by atoms with Gasteiger partial charge in [0.05, 0.1) is 19.8 Å². The zero-order chi connectivity index (χ0) is 14.3. The van der Waals surface area contributed by atoms with Crippen molar-refractivity contribution in [2.45, 2.75) is 0 Å². The smallest absolute Gasteiger partial charge is 0.407 e. The molecular weight excluding hydrogens is 252 g/mol. The number of carbonyl (C=O) groups excluding carboxylic acids is 3. The van der Waals surface area contributed by atoms with Gasteiger partial charge in [-0.2, -0.15) is 0 Å². The van der Waals surface area contributed by atoms with Crippen molar-refractivity contribution < 1.29 is 23.9 Å². The predicted molar refractivity (Wildman–Crippen MR) is 66.8 cm³/mol. The second-order valence-electron chi connectivity index (χ2n) is 3.46. The van der Waals surface area contributed by atoms with E-state index in [9.17, 15) is 14.4 Å². The highest BCUT2D eigenvalue weighted by atomic mass is 16.5. The van der Waals surface area contributed by atoms with Crippen molar-refractivity contribution in [1.82, 2.24) is 5.32 Å². The molecule has 1 aromatic rings. The summed E-state index contributed by atoms with van der Waals surface area (Å²) in [5.41, 5.74) is 0.887. The maximum absolute atomic E-state index is 11.4. The Kier molecular flexibility index (Phi) is 5.34. The molecule has 0 fully saturated rings. The normalized spacial score (nSPS) is 9.37. The number of ether oxygens (including phenoxy) is 2. The first-order valence-electron chi connectivity index (χ1n) is 5.37. The Morgan fingerprint density at radius 3 is 2.21 bits per heavy atom. The maximum Gasteiger partial charge on any atom is 0.407 e. The third kappa shape index (κ3) is 4.66. The highest BCUT2D eigenvalue weighted by Crippen LogP contribution is 2.10. The largest absolute Gasteiger partial charge is 0.465 e. The topological polar surface area (TPSA) is 93.7 Å². The number of rotatable bonds is 4. The molecule has 0 aromatic heterocycles. The van der Waals surface area contributed by atoms with Crippen LogP contribution in [0.3, 0.4) is 0 Å². The van der Waals surface area contributed by atoms with Crippen LogP contribution in [0.25, 0.3) is 0 Å². The Balaban J connectivity index is 2.51. The van der Waals surface area contributed by atoms with Gasteiger partial charge in [0, 0.05) is 5.69 Å². The number of methoxy groups -OCH3 is 2. The summed E-state index contributed by atoms with van der Waals surface area (Å²) in [5.74, 6) is -0.860. The first kappa shape index (κ1) is 14.5. The summed E-state index contributed by atoms with van der Waals surface area (Å²) in [4.78, 5) is 33.4. The monoisotopic (exact) mass is 266 g/mol. The van der Waals surface area contributed by atoms with Crippen LogP contribution in [0.1, 0.15) is 10.4 Å². The molecule has 7 heteroatoms. The van der Waals surface area contributed by atoms with Gasteiger partial charge in [-0.1, -0.05) is 0 Å². The summed E-state index contributed by atoms with van der Waals surface area (Å²) in [7, 11) is 2.50. The summed E-state index contributed by atoms with van der Waals surface area (Å²) in [6.45, 7) is -0.203. The van der Waals surface area contributed by atoms with Crippen LogP contribution in [0, 0.1) is 0 Å². The molecule has 0 aliphatic heterocycles. The third-order valence-corrected chi connectivity index (χ3v) is 2.17. The van der Waals surface area contributed by atoms with E-state index in [0.29, 0.717) is 11.3 Å². The molecule has 7 nitrogen and oxygen atoms in total. The number of hydrogen-bond acceptors (Lipinski definition) is 5. The molecule has 102 valence electrons. The molecule has 0 aliphatic carbocycles. The average Bonchev–Trinajstić information content (AvgIpc) is 2.44. The van der Waals surface area contributed by atoms with Crippen LogP contribution in [0.15, 0.2) is 24.3 Å². The van der Waals surface area contributed by atoms with Gasteiger partial charge >= 0.3 is 12.1 Å². The highest BCUT2D eigenvalue weighted by Gasteiger charge is 2.07. The lowest BCUT2D eigenvalue weighted by Crippen LogP contribution is -2.32. The zero-order valence-corrected chi connectivity index (χ0v) is 10.6. The molecule has 1 aromatic carbocycles. The SMILES string of the molecule is COC(=O)NCC(=O)Nc1ccc(C(=O)OC)cc1. The quantitative estimate of drug-likeness (QED) is 0.785. The lowest BCUT2D eigenvalue weighted by molar-refractivity contribution is -0.115. The van der Waals surface area contributed by atoms with Gasteiger partial charge in [0.2, 0.25) is 5.91 Å². The summed E-state index contributed by atoms with van der Waals surface area (Å²) < 4.78 is 8.87. The van der Waals surface area contributed by atoms with E-state index in [1.165, 1.54) is 26.4 Å². The van der Waals surface area contributed by atoms with E-state index >= 15 is 0 Å². The van der Waals surface area contributed by atoms with Crippen molar-refractivity contribution in [2.24, 2.45) is 0 Å². The van der Waals surface area contributed by atoms with Gasteiger partial charge < -0.3 is 20.1 Å². The standard InChI is InChI=1S/C12H14N2O5/c1-18-11(16)8-3-5-9(6-4-8)14-10(15)7-13-12(17)19-2/h3-6H,7H2,1-2H3,(H,13,17)(H,14,15). The van der Waals surface area contributed by atoms with Crippen molar-refractivity contribution in [3.05, 3.63) is 29.8 Å². The molecule has 2 amide bonds. The van der Waals surface area contributed by atoms with Gasteiger partial charge in [-0.15, -0.1) is 0 Å². The van der Waals surface area contributed by atoms with Crippen LogP contribution >= 0.6 is 0 Å². The number of carbonyl (C=O) groups is 3. The first-order chi connectivity index (χ1) is 9.06. The summed E-state index contributed by atoms with van der Waals surface area (Å²) >= 11 is 0. The van der Waals surface area contributed by atoms with E-state index in [0.717, 1.165) is 0 Å². The van der Waals surface area contributed by atoms with Crippen molar-refractivity contribution in [1.29, 1.82) is 0 Å². The van der Waals surface area contributed by atoms with Gasteiger partial charge in [0.1, 0.15) is 6.54 Å². The third-order valence-electron chi connectivity index (χ3n) is 2.17. The van der Waals surface area contributed by atoms with E-state index in [-0.39, 0.29) is 6.54 Å². The Morgan fingerprint density at radius 2 is 1.68 bits per heavy atom. The van der Waals surface area contributed by atoms with Crippen molar-refractivity contribution in [3.63, 3.8) is 0 Å². The number of hydrogen-bond donors (Lipinski definition) is 2. The number of anilines is 1. The fourth-order valence-electron chi connectivity index (χ4n) is 1.24. The Labute approximate surface area is 109 Å². The number of amides is 2. The van der Waals surface area contributed by atoms with Crippen molar-refractivity contribution in [3.8, 4) is 0 Å². The Morgan fingerprint density at radius 1 is 1.05 bits per heavy atom. The molecular formula is C12H14N2O5. The molecule has 0 saturated heterocycles. The van der Waals surface area contributed by atoms with Gasteiger partial charge in [-0.3, -0.25) is 4.79 Å². The molecule has 0 aliphatic rings. The van der Waals surface area contributed by atoms with Crippen LogP contribution < -0.4 is 10.6 Å². The first-order valence-corrected chi connectivity index (χ1v) is 5.37. The van der Waals surface area contributed by atoms with E-state index in [1.807, 2.05) is 0 Å². The summed E-state index contributed by atoms with van der Waals surface area (Å²) in [6.07, 6.45) is -0.684. The molecule has 0 bridgehead atoms. The van der Waals surface area contributed by atoms with E-state index in [1.54, 1.807) is 12.1 Å². The second-order valence-corrected chi connectivity index (χ2v) is 3.46. The second kappa shape index (κ2) is 7.00. The molecule has 0 radical (unpaired) electrons.